The lowest BCUT2D eigenvalue weighted by Crippen LogP contribution is -2.45. The van der Waals surface area contributed by atoms with Crippen LogP contribution < -0.4 is 14.8 Å². The minimum atomic E-state index is -1.02. The molecule has 0 saturated heterocycles. The van der Waals surface area contributed by atoms with Crippen LogP contribution in [0.25, 0.3) is 0 Å². The van der Waals surface area contributed by atoms with E-state index in [2.05, 4.69) is 5.32 Å². The minimum Gasteiger partial charge on any atom is -0.493 e. The summed E-state index contributed by atoms with van der Waals surface area (Å²) in [5.41, 5.74) is 0.725. The van der Waals surface area contributed by atoms with Crippen molar-refractivity contribution in [1.29, 1.82) is 0 Å². The first-order chi connectivity index (χ1) is 10.4. The quantitative estimate of drug-likeness (QED) is 0.765. The first kappa shape index (κ1) is 17.8. The molecule has 0 bridgehead atoms. The van der Waals surface area contributed by atoms with Gasteiger partial charge in [-0.1, -0.05) is 26.3 Å². The van der Waals surface area contributed by atoms with Gasteiger partial charge in [-0.3, -0.25) is 4.79 Å². The van der Waals surface area contributed by atoms with Gasteiger partial charge in [0, 0.05) is 0 Å². The second kappa shape index (κ2) is 8.26. The number of nitrogens with one attached hydrogen (secondary N) is 1. The highest BCUT2D eigenvalue weighted by Gasteiger charge is 2.25. The number of ether oxygens (including phenoxy) is 2. The van der Waals surface area contributed by atoms with Crippen LogP contribution in [0.15, 0.2) is 18.2 Å². The topological polar surface area (TPSA) is 84.9 Å². The van der Waals surface area contributed by atoms with E-state index >= 15 is 0 Å². The maximum Gasteiger partial charge on any atom is 0.326 e. The number of carboxylic acids is 1. The molecule has 22 heavy (non-hydrogen) atoms. The summed E-state index contributed by atoms with van der Waals surface area (Å²) < 4.78 is 10.3. The standard InChI is InChI=1S/C16H23NO5/c1-5-10(2)15(16(19)20)17-14(18)9-11-6-7-12(21-3)13(8-11)22-4/h6-8,10,15H,5,9H2,1-4H3,(H,17,18)(H,19,20). The lowest BCUT2D eigenvalue weighted by Gasteiger charge is -2.20. The molecule has 6 heteroatoms. The molecule has 2 atom stereocenters. The van der Waals surface area contributed by atoms with E-state index in [-0.39, 0.29) is 18.2 Å². The zero-order chi connectivity index (χ0) is 16.7. The van der Waals surface area contributed by atoms with Gasteiger partial charge in [0.25, 0.3) is 0 Å². The number of rotatable bonds is 8. The Morgan fingerprint density at radius 2 is 1.86 bits per heavy atom. The first-order valence-corrected chi connectivity index (χ1v) is 7.16. The Morgan fingerprint density at radius 3 is 2.36 bits per heavy atom. The van der Waals surface area contributed by atoms with E-state index in [1.165, 1.54) is 14.2 Å². The zero-order valence-electron chi connectivity index (χ0n) is 13.4. The number of hydrogen-bond acceptors (Lipinski definition) is 4. The summed E-state index contributed by atoms with van der Waals surface area (Å²) in [7, 11) is 3.05. The number of benzene rings is 1. The zero-order valence-corrected chi connectivity index (χ0v) is 13.4. The molecule has 0 saturated carbocycles. The highest BCUT2D eigenvalue weighted by molar-refractivity contribution is 5.85. The summed E-state index contributed by atoms with van der Waals surface area (Å²) in [6, 6.07) is 4.29. The van der Waals surface area contributed by atoms with Crippen LogP contribution in [0.4, 0.5) is 0 Å². The van der Waals surface area contributed by atoms with Crippen molar-refractivity contribution in [2.75, 3.05) is 14.2 Å². The summed E-state index contributed by atoms with van der Waals surface area (Å²) in [5.74, 6) is -0.374. The number of carboxylic acid groups (broad SMARTS) is 1. The molecule has 122 valence electrons. The van der Waals surface area contributed by atoms with Crippen molar-refractivity contribution < 1.29 is 24.2 Å². The Morgan fingerprint density at radius 1 is 1.23 bits per heavy atom. The predicted molar refractivity (Wildman–Crippen MR) is 82.3 cm³/mol. The fourth-order valence-electron chi connectivity index (χ4n) is 2.08. The molecule has 0 aliphatic rings. The average Bonchev–Trinajstić information content (AvgIpc) is 2.51. The van der Waals surface area contributed by atoms with Crippen molar-refractivity contribution in [3.05, 3.63) is 23.8 Å². The average molecular weight is 309 g/mol. The second-order valence-corrected chi connectivity index (χ2v) is 5.14. The SMILES string of the molecule is CCC(C)C(NC(=O)Cc1ccc(OC)c(OC)c1)C(=O)O. The summed E-state index contributed by atoms with van der Waals surface area (Å²) >= 11 is 0. The molecule has 0 radical (unpaired) electrons. The van der Waals surface area contributed by atoms with Crippen LogP contribution in [0.1, 0.15) is 25.8 Å². The Bertz CT molecular complexity index is 529. The third-order valence-corrected chi connectivity index (χ3v) is 3.61. The fraction of sp³-hybridized carbons (Fsp3) is 0.500. The Kier molecular flexibility index (Phi) is 6.69. The molecule has 1 aromatic rings. The van der Waals surface area contributed by atoms with Gasteiger partial charge in [-0.25, -0.2) is 4.79 Å². The van der Waals surface area contributed by atoms with Crippen molar-refractivity contribution in [2.45, 2.75) is 32.7 Å². The van der Waals surface area contributed by atoms with Gasteiger partial charge in [-0.05, 0) is 23.6 Å². The van der Waals surface area contributed by atoms with E-state index in [0.717, 1.165) is 5.56 Å². The molecule has 1 aromatic carbocycles. The Balaban J connectivity index is 2.77. The lowest BCUT2D eigenvalue weighted by atomic mass is 9.99. The number of carbonyl (C=O) groups excluding carboxylic acids is 1. The first-order valence-electron chi connectivity index (χ1n) is 7.16. The third-order valence-electron chi connectivity index (χ3n) is 3.61. The van der Waals surface area contributed by atoms with Crippen LogP contribution in [0, 0.1) is 5.92 Å². The maximum absolute atomic E-state index is 12.1. The Labute approximate surface area is 130 Å². The molecule has 0 aliphatic heterocycles. The van der Waals surface area contributed by atoms with Crippen LogP contribution in [-0.4, -0.2) is 37.2 Å². The van der Waals surface area contributed by atoms with Crippen LogP contribution in [0.3, 0.4) is 0 Å². The van der Waals surface area contributed by atoms with Gasteiger partial charge in [-0.2, -0.15) is 0 Å². The van der Waals surface area contributed by atoms with Crippen LogP contribution >= 0.6 is 0 Å². The monoisotopic (exact) mass is 309 g/mol. The van der Waals surface area contributed by atoms with Crippen molar-refractivity contribution in [3.8, 4) is 11.5 Å². The van der Waals surface area contributed by atoms with E-state index < -0.39 is 12.0 Å². The number of carbonyl (C=O) groups is 2. The number of amides is 1. The van der Waals surface area contributed by atoms with Crippen LogP contribution in [0.2, 0.25) is 0 Å². The number of methoxy groups -OCH3 is 2. The molecule has 1 amide bonds. The minimum absolute atomic E-state index is 0.0839. The third kappa shape index (κ3) is 4.65. The molecule has 0 aromatic heterocycles. The molecule has 0 aliphatic carbocycles. The van der Waals surface area contributed by atoms with Gasteiger partial charge in [0.2, 0.25) is 5.91 Å². The normalized spacial score (nSPS) is 13.1. The highest BCUT2D eigenvalue weighted by Crippen LogP contribution is 2.27. The van der Waals surface area contributed by atoms with E-state index in [0.29, 0.717) is 17.9 Å². The fourth-order valence-corrected chi connectivity index (χ4v) is 2.08. The largest absolute Gasteiger partial charge is 0.493 e. The van der Waals surface area contributed by atoms with Gasteiger partial charge in [0.1, 0.15) is 6.04 Å². The molecular formula is C16H23NO5. The smallest absolute Gasteiger partial charge is 0.326 e. The second-order valence-electron chi connectivity index (χ2n) is 5.14. The molecule has 6 nitrogen and oxygen atoms in total. The van der Waals surface area contributed by atoms with Gasteiger partial charge < -0.3 is 19.9 Å². The molecule has 0 heterocycles. The number of aliphatic carboxylic acids is 1. The van der Waals surface area contributed by atoms with Gasteiger partial charge in [-0.15, -0.1) is 0 Å². The van der Waals surface area contributed by atoms with E-state index in [1.54, 1.807) is 25.1 Å². The van der Waals surface area contributed by atoms with Crippen LogP contribution in [-0.2, 0) is 16.0 Å². The van der Waals surface area contributed by atoms with E-state index in [1.807, 2.05) is 6.92 Å². The van der Waals surface area contributed by atoms with Crippen molar-refractivity contribution in [1.82, 2.24) is 5.32 Å². The number of hydrogen-bond donors (Lipinski definition) is 2. The summed E-state index contributed by atoms with van der Waals surface area (Å²) in [6.45, 7) is 3.69. The molecule has 0 spiro atoms. The highest BCUT2D eigenvalue weighted by atomic mass is 16.5. The molecule has 1 rings (SSSR count). The molecule has 2 N–H and O–H groups in total. The summed E-state index contributed by atoms with van der Waals surface area (Å²) in [6.07, 6.45) is 0.758. The van der Waals surface area contributed by atoms with Gasteiger partial charge in [0.15, 0.2) is 11.5 Å². The van der Waals surface area contributed by atoms with Gasteiger partial charge >= 0.3 is 5.97 Å². The lowest BCUT2D eigenvalue weighted by molar-refractivity contribution is -0.143. The predicted octanol–water partition coefficient (Wildman–Crippen LogP) is 1.86. The molecular weight excluding hydrogens is 286 g/mol. The van der Waals surface area contributed by atoms with E-state index in [4.69, 9.17) is 9.47 Å². The van der Waals surface area contributed by atoms with Crippen LogP contribution in [0.5, 0.6) is 11.5 Å². The summed E-state index contributed by atoms with van der Waals surface area (Å²) in [4.78, 5) is 23.3. The molecule has 2 unspecified atom stereocenters. The Hall–Kier alpha value is -2.24. The maximum atomic E-state index is 12.1. The van der Waals surface area contributed by atoms with Crippen molar-refractivity contribution >= 4 is 11.9 Å². The van der Waals surface area contributed by atoms with E-state index in [9.17, 15) is 14.7 Å². The summed E-state index contributed by atoms with van der Waals surface area (Å²) in [5, 5.41) is 11.8. The van der Waals surface area contributed by atoms with Crippen molar-refractivity contribution in [3.63, 3.8) is 0 Å². The van der Waals surface area contributed by atoms with Gasteiger partial charge in [0.05, 0.1) is 20.6 Å². The van der Waals surface area contributed by atoms with Crippen molar-refractivity contribution in [2.24, 2.45) is 5.92 Å². The molecule has 0 fully saturated rings.